The molecule has 4 heteroatoms. The molecule has 0 saturated carbocycles. The summed E-state index contributed by atoms with van der Waals surface area (Å²) >= 11 is 3.81. The Kier molecular flexibility index (Phi) is 5.05. The third kappa shape index (κ3) is 3.59. The summed E-state index contributed by atoms with van der Waals surface area (Å²) in [6.45, 7) is 9.92. The van der Waals surface area contributed by atoms with E-state index in [9.17, 15) is 0 Å². The Morgan fingerprint density at radius 2 is 2.06 bits per heavy atom. The number of hydrogen-bond acceptors (Lipinski definition) is 3. The molecule has 0 unspecified atom stereocenters. The Hall–Kier alpha value is 0.170. The number of hydrogen-bond donors (Lipinski definition) is 1. The van der Waals surface area contributed by atoms with Gasteiger partial charge in [0.05, 0.1) is 6.54 Å². The van der Waals surface area contributed by atoms with Gasteiger partial charge in [0.15, 0.2) is 5.17 Å². The van der Waals surface area contributed by atoms with E-state index in [4.69, 9.17) is 4.99 Å². The van der Waals surface area contributed by atoms with E-state index in [1.54, 1.807) is 0 Å². The van der Waals surface area contributed by atoms with Gasteiger partial charge in [0.2, 0.25) is 0 Å². The third-order valence-electron chi connectivity index (χ3n) is 3.25. The van der Waals surface area contributed by atoms with Gasteiger partial charge in [-0.3, -0.25) is 4.99 Å². The van der Waals surface area contributed by atoms with Crippen LogP contribution in [0.2, 0.25) is 0 Å². The van der Waals surface area contributed by atoms with Crippen molar-refractivity contribution in [3.05, 3.63) is 0 Å². The molecule has 16 heavy (non-hydrogen) atoms. The van der Waals surface area contributed by atoms with Crippen molar-refractivity contribution >= 4 is 28.7 Å². The molecule has 0 aromatic heterocycles. The highest BCUT2D eigenvalue weighted by Crippen LogP contribution is 2.31. The van der Waals surface area contributed by atoms with Gasteiger partial charge in [-0.15, -0.1) is 0 Å². The van der Waals surface area contributed by atoms with Crippen LogP contribution in [0.1, 0.15) is 40.5 Å². The van der Waals surface area contributed by atoms with Crippen LogP contribution >= 0.6 is 23.5 Å². The molecule has 0 bridgehead atoms. The van der Waals surface area contributed by atoms with Gasteiger partial charge < -0.3 is 5.32 Å². The number of thioether (sulfide) groups is 2. The number of nitrogens with zero attached hydrogens (tertiary/aromatic N) is 1. The highest BCUT2D eigenvalue weighted by molar-refractivity contribution is 8.14. The fourth-order valence-electron chi connectivity index (χ4n) is 1.74. The lowest BCUT2D eigenvalue weighted by Crippen LogP contribution is -2.37. The van der Waals surface area contributed by atoms with E-state index in [1.165, 1.54) is 12.8 Å². The summed E-state index contributed by atoms with van der Waals surface area (Å²) < 4.78 is 0.335. The van der Waals surface area contributed by atoms with E-state index in [0.717, 1.165) is 17.5 Å². The monoisotopic (exact) mass is 260 g/mol. The minimum absolute atomic E-state index is 0.212. The molecule has 2 nitrogen and oxygen atoms in total. The standard InChI is InChI=1S/C12H24N2S2/c1-6-12(7-2,15-5)8-13-10-14-11(3,4)9-16-10/h6-9H2,1-5H3,(H,13,14). The lowest BCUT2D eigenvalue weighted by atomic mass is 10.0. The topological polar surface area (TPSA) is 24.4 Å². The van der Waals surface area contributed by atoms with Crippen LogP contribution < -0.4 is 5.32 Å². The maximum absolute atomic E-state index is 4.75. The zero-order valence-electron chi connectivity index (χ0n) is 11.1. The second-order valence-electron chi connectivity index (χ2n) is 5.01. The van der Waals surface area contributed by atoms with Crippen molar-refractivity contribution in [3.63, 3.8) is 0 Å². The van der Waals surface area contributed by atoms with Crippen LogP contribution in [0, 0.1) is 0 Å². The summed E-state index contributed by atoms with van der Waals surface area (Å²) in [5, 5.41) is 4.61. The molecule has 1 rings (SSSR count). The maximum atomic E-state index is 4.75. The van der Waals surface area contributed by atoms with Crippen molar-refractivity contribution < 1.29 is 0 Å². The second-order valence-corrected chi connectivity index (χ2v) is 7.25. The molecule has 0 aromatic rings. The van der Waals surface area contributed by atoms with Crippen LogP contribution in [0.25, 0.3) is 0 Å². The van der Waals surface area contributed by atoms with Crippen LogP contribution in [0.3, 0.4) is 0 Å². The van der Waals surface area contributed by atoms with Crippen molar-refractivity contribution in [3.8, 4) is 0 Å². The van der Waals surface area contributed by atoms with E-state index in [1.807, 2.05) is 23.5 Å². The fourth-order valence-corrected chi connectivity index (χ4v) is 3.58. The molecule has 1 heterocycles. The first-order chi connectivity index (χ1) is 7.47. The second kappa shape index (κ2) is 5.67. The fraction of sp³-hybridized carbons (Fsp3) is 0.917. The van der Waals surface area contributed by atoms with Crippen molar-refractivity contribution in [2.45, 2.75) is 50.8 Å². The Morgan fingerprint density at radius 3 is 2.44 bits per heavy atom. The van der Waals surface area contributed by atoms with E-state index in [-0.39, 0.29) is 5.54 Å². The number of amidine groups is 1. The van der Waals surface area contributed by atoms with E-state index in [2.05, 4.69) is 39.3 Å². The van der Waals surface area contributed by atoms with Gasteiger partial charge >= 0.3 is 0 Å². The SMILES string of the molecule is CCC(CC)(CN=C1NC(C)(C)CS1)SC. The number of nitrogens with one attached hydrogen (secondary N) is 1. The average molecular weight is 260 g/mol. The van der Waals surface area contributed by atoms with Crippen molar-refractivity contribution in [2.75, 3.05) is 18.6 Å². The minimum Gasteiger partial charge on any atom is -0.359 e. The first kappa shape index (κ1) is 14.2. The molecule has 0 atom stereocenters. The normalized spacial score (nSPS) is 22.4. The molecular formula is C12H24N2S2. The van der Waals surface area contributed by atoms with Gasteiger partial charge in [-0.25, -0.2) is 0 Å². The molecular weight excluding hydrogens is 236 g/mol. The highest BCUT2D eigenvalue weighted by Gasteiger charge is 2.29. The summed E-state index contributed by atoms with van der Waals surface area (Å²) in [5.74, 6) is 1.12. The van der Waals surface area contributed by atoms with Gasteiger partial charge in [0.1, 0.15) is 0 Å². The number of aliphatic imine (C=N–C) groups is 1. The highest BCUT2D eigenvalue weighted by atomic mass is 32.2. The molecule has 94 valence electrons. The molecule has 0 aromatic carbocycles. The Balaban J connectivity index is 2.58. The molecule has 1 N–H and O–H groups in total. The summed E-state index contributed by atoms with van der Waals surface area (Å²) in [7, 11) is 0. The Labute approximate surface area is 108 Å². The molecule has 1 aliphatic rings. The lowest BCUT2D eigenvalue weighted by molar-refractivity contribution is 0.530. The van der Waals surface area contributed by atoms with Crippen molar-refractivity contribution in [1.82, 2.24) is 5.32 Å². The molecule has 0 aliphatic carbocycles. The zero-order valence-corrected chi connectivity index (χ0v) is 12.7. The Morgan fingerprint density at radius 1 is 1.44 bits per heavy atom. The van der Waals surface area contributed by atoms with Gasteiger partial charge in [0.25, 0.3) is 0 Å². The smallest absolute Gasteiger partial charge is 0.157 e. The molecule has 1 fully saturated rings. The van der Waals surface area contributed by atoms with Crippen LogP contribution in [-0.2, 0) is 0 Å². The minimum atomic E-state index is 0.212. The van der Waals surface area contributed by atoms with Crippen molar-refractivity contribution in [2.24, 2.45) is 4.99 Å². The summed E-state index contributed by atoms with van der Waals surface area (Å²) in [6, 6.07) is 0. The molecule has 0 amide bonds. The van der Waals surface area contributed by atoms with Crippen LogP contribution in [-0.4, -0.2) is 34.0 Å². The van der Waals surface area contributed by atoms with Crippen LogP contribution in [0.5, 0.6) is 0 Å². The summed E-state index contributed by atoms with van der Waals surface area (Å²) in [6.07, 6.45) is 4.58. The van der Waals surface area contributed by atoms with Gasteiger partial charge in [0, 0.05) is 16.0 Å². The van der Waals surface area contributed by atoms with Crippen molar-refractivity contribution in [1.29, 1.82) is 0 Å². The van der Waals surface area contributed by atoms with Gasteiger partial charge in [-0.2, -0.15) is 11.8 Å². The first-order valence-electron chi connectivity index (χ1n) is 5.97. The molecule has 1 saturated heterocycles. The third-order valence-corrected chi connectivity index (χ3v) is 6.19. The molecule has 0 radical (unpaired) electrons. The Bertz CT molecular complexity index is 249. The molecule has 0 spiro atoms. The lowest BCUT2D eigenvalue weighted by Gasteiger charge is -2.27. The van der Waals surface area contributed by atoms with Gasteiger partial charge in [-0.1, -0.05) is 25.6 Å². The quantitative estimate of drug-likeness (QED) is 0.820. The molecule has 1 aliphatic heterocycles. The summed E-state index contributed by atoms with van der Waals surface area (Å²) in [4.78, 5) is 4.75. The summed E-state index contributed by atoms with van der Waals surface area (Å²) in [5.41, 5.74) is 0.212. The largest absolute Gasteiger partial charge is 0.359 e. The van der Waals surface area contributed by atoms with E-state index >= 15 is 0 Å². The maximum Gasteiger partial charge on any atom is 0.157 e. The van der Waals surface area contributed by atoms with E-state index < -0.39 is 0 Å². The average Bonchev–Trinajstić information content (AvgIpc) is 2.61. The predicted octanol–water partition coefficient (Wildman–Crippen LogP) is 3.38. The predicted molar refractivity (Wildman–Crippen MR) is 78.8 cm³/mol. The number of rotatable bonds is 5. The van der Waals surface area contributed by atoms with Crippen LogP contribution in [0.4, 0.5) is 0 Å². The zero-order chi connectivity index (χ0) is 12.2. The first-order valence-corrected chi connectivity index (χ1v) is 8.18. The van der Waals surface area contributed by atoms with E-state index in [0.29, 0.717) is 4.75 Å². The van der Waals surface area contributed by atoms with Crippen LogP contribution in [0.15, 0.2) is 4.99 Å². The van der Waals surface area contributed by atoms with Gasteiger partial charge in [-0.05, 0) is 32.9 Å².